The quantitative estimate of drug-likeness (QED) is 0.579. The van der Waals surface area contributed by atoms with Crippen LogP contribution < -0.4 is 10.1 Å². The van der Waals surface area contributed by atoms with Crippen molar-refractivity contribution in [1.82, 2.24) is 5.32 Å². The lowest BCUT2D eigenvalue weighted by molar-refractivity contribution is 0.0947. The first-order valence-electron chi connectivity index (χ1n) is 5.39. The molecule has 1 atom stereocenters. The highest BCUT2D eigenvalue weighted by Gasteiger charge is 2.03. The summed E-state index contributed by atoms with van der Waals surface area (Å²) in [7, 11) is 1.65. The largest absolute Gasteiger partial charge is 0.496 e. The van der Waals surface area contributed by atoms with Gasteiger partial charge in [-0.2, -0.15) is 0 Å². The SMILES string of the molecule is COc1ccccc1CCNC[C@H](O)CO. The number of ether oxygens (including phenoxy) is 1. The van der Waals surface area contributed by atoms with Gasteiger partial charge in [0.15, 0.2) is 0 Å². The molecule has 90 valence electrons. The number of hydrogen-bond acceptors (Lipinski definition) is 4. The van der Waals surface area contributed by atoms with Gasteiger partial charge in [0.2, 0.25) is 0 Å². The van der Waals surface area contributed by atoms with Crippen LogP contribution in [-0.4, -0.2) is 43.1 Å². The predicted octanol–water partition coefficient (Wildman–Crippen LogP) is 0.181. The van der Waals surface area contributed by atoms with E-state index < -0.39 is 6.10 Å². The van der Waals surface area contributed by atoms with Gasteiger partial charge in [-0.1, -0.05) is 18.2 Å². The zero-order valence-electron chi connectivity index (χ0n) is 9.52. The highest BCUT2D eigenvalue weighted by atomic mass is 16.5. The van der Waals surface area contributed by atoms with Crippen LogP contribution in [0.1, 0.15) is 5.56 Å². The third kappa shape index (κ3) is 4.18. The van der Waals surface area contributed by atoms with Crippen LogP contribution >= 0.6 is 0 Å². The maximum atomic E-state index is 9.12. The van der Waals surface area contributed by atoms with Gasteiger partial charge in [0, 0.05) is 6.54 Å². The first kappa shape index (κ1) is 13.0. The molecule has 3 N–H and O–H groups in total. The minimum Gasteiger partial charge on any atom is -0.496 e. The minimum atomic E-state index is -0.683. The third-order valence-corrected chi connectivity index (χ3v) is 2.35. The van der Waals surface area contributed by atoms with Crippen LogP contribution in [0.4, 0.5) is 0 Å². The number of hydrogen-bond donors (Lipinski definition) is 3. The fraction of sp³-hybridized carbons (Fsp3) is 0.500. The number of benzene rings is 1. The molecule has 0 aliphatic rings. The fourth-order valence-electron chi connectivity index (χ4n) is 1.47. The maximum absolute atomic E-state index is 9.12. The topological polar surface area (TPSA) is 61.7 Å². The molecule has 0 heterocycles. The highest BCUT2D eigenvalue weighted by molar-refractivity contribution is 5.33. The summed E-state index contributed by atoms with van der Waals surface area (Å²) < 4.78 is 5.23. The van der Waals surface area contributed by atoms with Gasteiger partial charge in [0.1, 0.15) is 5.75 Å². The van der Waals surface area contributed by atoms with E-state index in [0.717, 1.165) is 24.3 Å². The van der Waals surface area contributed by atoms with E-state index in [9.17, 15) is 0 Å². The van der Waals surface area contributed by atoms with Crippen molar-refractivity contribution in [3.8, 4) is 5.75 Å². The Labute approximate surface area is 95.9 Å². The number of nitrogens with one attached hydrogen (secondary N) is 1. The van der Waals surface area contributed by atoms with Gasteiger partial charge in [0.25, 0.3) is 0 Å². The summed E-state index contributed by atoms with van der Waals surface area (Å²) in [5, 5.41) is 20.8. The number of rotatable bonds is 7. The van der Waals surface area contributed by atoms with E-state index in [1.165, 1.54) is 0 Å². The lowest BCUT2D eigenvalue weighted by Crippen LogP contribution is -2.30. The number of methoxy groups -OCH3 is 1. The van der Waals surface area contributed by atoms with Gasteiger partial charge in [-0.25, -0.2) is 0 Å². The molecule has 0 saturated heterocycles. The van der Waals surface area contributed by atoms with Crippen LogP contribution in [-0.2, 0) is 6.42 Å². The Bertz CT molecular complexity index is 304. The summed E-state index contributed by atoms with van der Waals surface area (Å²) in [5.41, 5.74) is 1.14. The van der Waals surface area contributed by atoms with Crippen molar-refractivity contribution in [2.24, 2.45) is 0 Å². The van der Waals surface area contributed by atoms with Gasteiger partial charge in [-0.15, -0.1) is 0 Å². The molecule has 0 spiro atoms. The van der Waals surface area contributed by atoms with E-state index in [1.807, 2.05) is 24.3 Å². The van der Waals surface area contributed by atoms with Crippen LogP contribution in [0, 0.1) is 0 Å². The number of aliphatic hydroxyl groups excluding tert-OH is 2. The monoisotopic (exact) mass is 225 g/mol. The normalized spacial score (nSPS) is 12.4. The van der Waals surface area contributed by atoms with E-state index in [0.29, 0.717) is 6.54 Å². The van der Waals surface area contributed by atoms with Crippen molar-refractivity contribution in [3.63, 3.8) is 0 Å². The summed E-state index contributed by atoms with van der Waals surface area (Å²) in [4.78, 5) is 0. The Morgan fingerprint density at radius 3 is 2.81 bits per heavy atom. The van der Waals surface area contributed by atoms with Gasteiger partial charge in [-0.05, 0) is 24.6 Å². The Balaban J connectivity index is 2.31. The number of aliphatic hydroxyl groups is 2. The van der Waals surface area contributed by atoms with Crippen molar-refractivity contribution < 1.29 is 14.9 Å². The lowest BCUT2D eigenvalue weighted by atomic mass is 10.1. The lowest BCUT2D eigenvalue weighted by Gasteiger charge is -2.10. The average molecular weight is 225 g/mol. The molecule has 0 saturated carbocycles. The van der Waals surface area contributed by atoms with Crippen LogP contribution in [0.25, 0.3) is 0 Å². The molecule has 0 amide bonds. The molecule has 1 aromatic rings. The molecule has 4 heteroatoms. The fourth-order valence-corrected chi connectivity index (χ4v) is 1.47. The average Bonchev–Trinajstić information content (AvgIpc) is 2.34. The summed E-state index contributed by atoms with van der Waals surface area (Å²) in [5.74, 6) is 0.881. The molecule has 0 radical (unpaired) electrons. The molecule has 1 aromatic carbocycles. The predicted molar refractivity (Wildman–Crippen MR) is 62.7 cm³/mol. The smallest absolute Gasteiger partial charge is 0.122 e. The Hall–Kier alpha value is -1.10. The highest BCUT2D eigenvalue weighted by Crippen LogP contribution is 2.17. The second kappa shape index (κ2) is 7.22. The summed E-state index contributed by atoms with van der Waals surface area (Å²) in [6.07, 6.45) is 0.153. The van der Waals surface area contributed by atoms with Crippen molar-refractivity contribution in [3.05, 3.63) is 29.8 Å². The van der Waals surface area contributed by atoms with Gasteiger partial charge in [-0.3, -0.25) is 0 Å². The Morgan fingerprint density at radius 1 is 1.38 bits per heavy atom. The van der Waals surface area contributed by atoms with Crippen LogP contribution in [0.5, 0.6) is 5.75 Å². The van der Waals surface area contributed by atoms with E-state index in [2.05, 4.69) is 5.32 Å². The van der Waals surface area contributed by atoms with Crippen molar-refractivity contribution >= 4 is 0 Å². The van der Waals surface area contributed by atoms with E-state index in [1.54, 1.807) is 7.11 Å². The molecule has 0 aliphatic carbocycles. The molecule has 16 heavy (non-hydrogen) atoms. The van der Waals surface area contributed by atoms with E-state index in [-0.39, 0.29) is 6.61 Å². The van der Waals surface area contributed by atoms with Gasteiger partial charge < -0.3 is 20.3 Å². The van der Waals surface area contributed by atoms with Crippen molar-refractivity contribution in [2.45, 2.75) is 12.5 Å². The molecular formula is C12H19NO3. The summed E-state index contributed by atoms with van der Waals surface area (Å²) >= 11 is 0. The standard InChI is InChI=1S/C12H19NO3/c1-16-12-5-3-2-4-10(12)6-7-13-8-11(15)9-14/h2-5,11,13-15H,6-9H2,1H3/t11-/m0/s1. The zero-order chi connectivity index (χ0) is 11.8. The summed E-state index contributed by atoms with van der Waals surface area (Å²) in [6, 6.07) is 7.85. The Kier molecular flexibility index (Phi) is 5.85. The third-order valence-electron chi connectivity index (χ3n) is 2.35. The Morgan fingerprint density at radius 2 is 2.12 bits per heavy atom. The van der Waals surface area contributed by atoms with Gasteiger partial charge >= 0.3 is 0 Å². The second-order valence-electron chi connectivity index (χ2n) is 3.60. The molecule has 0 unspecified atom stereocenters. The second-order valence-corrected chi connectivity index (χ2v) is 3.60. The van der Waals surface area contributed by atoms with Crippen LogP contribution in [0.2, 0.25) is 0 Å². The van der Waals surface area contributed by atoms with Crippen molar-refractivity contribution in [2.75, 3.05) is 26.8 Å². The first-order valence-corrected chi connectivity index (χ1v) is 5.39. The molecule has 1 rings (SSSR count). The molecule has 0 aromatic heterocycles. The molecule has 4 nitrogen and oxygen atoms in total. The summed E-state index contributed by atoms with van der Waals surface area (Å²) in [6.45, 7) is 0.949. The van der Waals surface area contributed by atoms with Crippen molar-refractivity contribution in [1.29, 1.82) is 0 Å². The minimum absolute atomic E-state index is 0.207. The van der Waals surface area contributed by atoms with Crippen LogP contribution in [0.15, 0.2) is 24.3 Å². The molecule has 0 bridgehead atoms. The van der Waals surface area contributed by atoms with E-state index in [4.69, 9.17) is 14.9 Å². The van der Waals surface area contributed by atoms with Crippen LogP contribution in [0.3, 0.4) is 0 Å². The van der Waals surface area contributed by atoms with E-state index >= 15 is 0 Å². The molecule has 0 aliphatic heterocycles. The zero-order valence-corrected chi connectivity index (χ0v) is 9.52. The molecular weight excluding hydrogens is 206 g/mol. The van der Waals surface area contributed by atoms with Gasteiger partial charge in [0.05, 0.1) is 19.8 Å². The maximum Gasteiger partial charge on any atom is 0.122 e. The molecule has 0 fully saturated rings. The number of para-hydroxylation sites is 1. The first-order chi connectivity index (χ1) is 7.77.